The van der Waals surface area contributed by atoms with E-state index in [1.807, 2.05) is 31.2 Å². The van der Waals surface area contributed by atoms with Crippen LogP contribution in [0.25, 0.3) is 0 Å². The van der Waals surface area contributed by atoms with Crippen LogP contribution in [0.3, 0.4) is 0 Å². The number of sulfonamides is 1. The third-order valence-electron chi connectivity index (χ3n) is 3.52. The normalized spacial score (nSPS) is 11.4. The molecule has 0 heterocycles. The smallest absolute Gasteiger partial charge is 0.242 e. The van der Waals surface area contributed by atoms with Gasteiger partial charge in [0.1, 0.15) is 5.75 Å². The average Bonchev–Trinajstić information content (AvgIpc) is 2.56. The van der Waals surface area contributed by atoms with Crippen molar-refractivity contribution in [3.05, 3.63) is 54.1 Å². The van der Waals surface area contributed by atoms with Crippen LogP contribution in [0.1, 0.15) is 12.0 Å². The summed E-state index contributed by atoms with van der Waals surface area (Å²) in [6.45, 7) is 2.23. The van der Waals surface area contributed by atoms with Crippen molar-refractivity contribution in [2.45, 2.75) is 18.2 Å². The molecule has 2 aromatic rings. The first kappa shape index (κ1) is 19.0. The van der Waals surface area contributed by atoms with Gasteiger partial charge in [0.05, 0.1) is 17.9 Å². The minimum Gasteiger partial charge on any atom is -0.493 e. The summed E-state index contributed by atoms with van der Waals surface area (Å²) in [4.78, 5) is 12.1. The van der Waals surface area contributed by atoms with Gasteiger partial charge in [0.15, 0.2) is 0 Å². The molecule has 2 rings (SSSR count). The van der Waals surface area contributed by atoms with E-state index in [1.165, 1.54) is 26.2 Å². The Bertz CT molecular complexity index is 830. The number of carbonyl (C=O) groups excluding carboxylic acids is 1. The second-order valence-corrected chi connectivity index (χ2v) is 7.93. The van der Waals surface area contributed by atoms with Gasteiger partial charge in [-0.2, -0.15) is 0 Å². The van der Waals surface area contributed by atoms with Gasteiger partial charge in [-0.05, 0) is 37.3 Å². The molecule has 6 nitrogen and oxygen atoms in total. The third-order valence-corrected chi connectivity index (χ3v) is 5.33. The fourth-order valence-electron chi connectivity index (χ4n) is 2.06. The molecule has 25 heavy (non-hydrogen) atoms. The lowest BCUT2D eigenvalue weighted by Crippen LogP contribution is -2.22. The Morgan fingerprint density at radius 2 is 1.80 bits per heavy atom. The van der Waals surface area contributed by atoms with Crippen molar-refractivity contribution in [1.29, 1.82) is 0 Å². The van der Waals surface area contributed by atoms with Gasteiger partial charge in [-0.1, -0.05) is 23.8 Å². The summed E-state index contributed by atoms with van der Waals surface area (Å²) < 4.78 is 30.9. The molecule has 0 unspecified atom stereocenters. The molecule has 0 saturated carbocycles. The van der Waals surface area contributed by atoms with Gasteiger partial charge >= 0.3 is 0 Å². The number of rotatable bonds is 7. The van der Waals surface area contributed by atoms with Crippen molar-refractivity contribution < 1.29 is 17.9 Å². The Morgan fingerprint density at radius 1 is 1.12 bits per heavy atom. The van der Waals surface area contributed by atoms with Crippen LogP contribution in [0.5, 0.6) is 5.75 Å². The van der Waals surface area contributed by atoms with E-state index < -0.39 is 10.0 Å². The fraction of sp³-hybridized carbons (Fsp3) is 0.278. The van der Waals surface area contributed by atoms with E-state index in [4.69, 9.17) is 4.74 Å². The second kappa shape index (κ2) is 8.13. The van der Waals surface area contributed by atoms with Crippen LogP contribution < -0.4 is 10.1 Å². The number of benzene rings is 2. The Kier molecular flexibility index (Phi) is 6.17. The van der Waals surface area contributed by atoms with E-state index >= 15 is 0 Å². The van der Waals surface area contributed by atoms with E-state index in [2.05, 4.69) is 5.32 Å². The van der Waals surface area contributed by atoms with Crippen molar-refractivity contribution in [1.82, 2.24) is 4.31 Å². The molecule has 0 bridgehead atoms. The lowest BCUT2D eigenvalue weighted by atomic mass is 10.2. The first-order chi connectivity index (χ1) is 11.8. The Balaban J connectivity index is 1.91. The number of hydrogen-bond acceptors (Lipinski definition) is 4. The van der Waals surface area contributed by atoms with E-state index in [1.54, 1.807) is 12.1 Å². The number of anilines is 1. The van der Waals surface area contributed by atoms with Crippen molar-refractivity contribution in [2.75, 3.05) is 26.0 Å². The van der Waals surface area contributed by atoms with Gasteiger partial charge in [0, 0.05) is 19.8 Å². The second-order valence-electron chi connectivity index (χ2n) is 5.77. The molecular weight excluding hydrogens is 340 g/mol. The predicted octanol–water partition coefficient (Wildman–Crippen LogP) is 2.65. The number of nitrogens with zero attached hydrogens (tertiary/aromatic N) is 1. The predicted molar refractivity (Wildman–Crippen MR) is 97.2 cm³/mol. The van der Waals surface area contributed by atoms with Crippen LogP contribution >= 0.6 is 0 Å². The molecule has 0 atom stereocenters. The Hall–Kier alpha value is -2.38. The van der Waals surface area contributed by atoms with Crippen molar-refractivity contribution in [3.63, 3.8) is 0 Å². The zero-order chi connectivity index (χ0) is 18.4. The van der Waals surface area contributed by atoms with E-state index in [-0.39, 0.29) is 23.8 Å². The summed E-state index contributed by atoms with van der Waals surface area (Å²) in [7, 11) is -0.612. The molecule has 1 amide bonds. The number of aryl methyl sites for hydroxylation is 1. The standard InChI is InChI=1S/C18H22N2O4S/c1-14-7-9-16(10-8-14)24-12-11-18(21)19-15-5-4-6-17(13-15)25(22,23)20(2)3/h4-10,13H,11-12H2,1-3H3,(H,19,21). The average molecular weight is 362 g/mol. The summed E-state index contributed by atoms with van der Waals surface area (Å²) in [6.07, 6.45) is 0.165. The monoisotopic (exact) mass is 362 g/mol. The zero-order valence-corrected chi connectivity index (χ0v) is 15.3. The number of amides is 1. The first-order valence-corrected chi connectivity index (χ1v) is 9.25. The summed E-state index contributed by atoms with van der Waals surface area (Å²) in [6, 6.07) is 13.7. The molecule has 1 N–H and O–H groups in total. The van der Waals surface area contributed by atoms with E-state index in [0.717, 1.165) is 9.87 Å². The fourth-order valence-corrected chi connectivity index (χ4v) is 3.01. The topological polar surface area (TPSA) is 75.7 Å². The summed E-state index contributed by atoms with van der Waals surface area (Å²) in [5, 5.41) is 2.69. The highest BCUT2D eigenvalue weighted by atomic mass is 32.2. The van der Waals surface area contributed by atoms with Gasteiger partial charge in [0.25, 0.3) is 0 Å². The van der Waals surface area contributed by atoms with Crippen LogP contribution in [0.15, 0.2) is 53.4 Å². The van der Waals surface area contributed by atoms with Gasteiger partial charge < -0.3 is 10.1 Å². The van der Waals surface area contributed by atoms with Gasteiger partial charge in [-0.3, -0.25) is 4.79 Å². The molecule has 0 spiro atoms. The van der Waals surface area contributed by atoms with Crippen LogP contribution in [0.2, 0.25) is 0 Å². The molecule has 134 valence electrons. The summed E-state index contributed by atoms with van der Waals surface area (Å²) >= 11 is 0. The van der Waals surface area contributed by atoms with Crippen LogP contribution in [0, 0.1) is 6.92 Å². The Labute approximate surface area is 148 Å². The molecule has 0 aromatic heterocycles. The van der Waals surface area contributed by atoms with Crippen LogP contribution in [-0.4, -0.2) is 39.3 Å². The van der Waals surface area contributed by atoms with Gasteiger partial charge in [0.2, 0.25) is 15.9 Å². The molecule has 7 heteroatoms. The lowest BCUT2D eigenvalue weighted by Gasteiger charge is -2.13. The Morgan fingerprint density at radius 3 is 2.44 bits per heavy atom. The highest BCUT2D eigenvalue weighted by Gasteiger charge is 2.17. The van der Waals surface area contributed by atoms with E-state index in [9.17, 15) is 13.2 Å². The number of ether oxygens (including phenoxy) is 1. The highest BCUT2D eigenvalue weighted by molar-refractivity contribution is 7.89. The van der Waals surface area contributed by atoms with Gasteiger partial charge in [-0.25, -0.2) is 12.7 Å². The maximum atomic E-state index is 12.1. The largest absolute Gasteiger partial charge is 0.493 e. The van der Waals surface area contributed by atoms with Crippen molar-refractivity contribution in [3.8, 4) is 5.75 Å². The SMILES string of the molecule is Cc1ccc(OCCC(=O)Nc2cccc(S(=O)(=O)N(C)C)c2)cc1. The summed E-state index contributed by atoms with van der Waals surface area (Å²) in [5.74, 6) is 0.462. The highest BCUT2D eigenvalue weighted by Crippen LogP contribution is 2.18. The van der Waals surface area contributed by atoms with E-state index in [0.29, 0.717) is 11.4 Å². The summed E-state index contributed by atoms with van der Waals surface area (Å²) in [5.41, 5.74) is 1.57. The zero-order valence-electron chi connectivity index (χ0n) is 14.5. The molecule has 0 aliphatic carbocycles. The minimum absolute atomic E-state index is 0.131. The molecule has 0 fully saturated rings. The number of carbonyl (C=O) groups is 1. The quantitative estimate of drug-likeness (QED) is 0.822. The molecule has 0 aliphatic rings. The van der Waals surface area contributed by atoms with Crippen molar-refractivity contribution in [2.24, 2.45) is 0 Å². The molecule has 0 radical (unpaired) electrons. The molecule has 2 aromatic carbocycles. The number of hydrogen-bond donors (Lipinski definition) is 1. The minimum atomic E-state index is -3.53. The van der Waals surface area contributed by atoms with Crippen molar-refractivity contribution >= 4 is 21.6 Å². The molecular formula is C18H22N2O4S. The number of nitrogens with one attached hydrogen (secondary N) is 1. The third kappa shape index (κ3) is 5.30. The van der Waals surface area contributed by atoms with Crippen LogP contribution in [-0.2, 0) is 14.8 Å². The molecule has 0 saturated heterocycles. The van der Waals surface area contributed by atoms with Gasteiger partial charge in [-0.15, -0.1) is 0 Å². The maximum absolute atomic E-state index is 12.1. The lowest BCUT2D eigenvalue weighted by molar-refractivity contribution is -0.116. The first-order valence-electron chi connectivity index (χ1n) is 7.81. The molecule has 0 aliphatic heterocycles. The van der Waals surface area contributed by atoms with Crippen LogP contribution in [0.4, 0.5) is 5.69 Å². The maximum Gasteiger partial charge on any atom is 0.242 e.